The first-order valence-electron chi connectivity index (χ1n) is 9.38. The number of rotatable bonds is 10. The van der Waals surface area contributed by atoms with Crippen molar-refractivity contribution in [1.29, 1.82) is 0 Å². The molecule has 162 valence electrons. The Kier molecular flexibility index (Phi) is 7.71. The molecule has 1 heterocycles. The van der Waals surface area contributed by atoms with E-state index in [4.69, 9.17) is 0 Å². The van der Waals surface area contributed by atoms with Gasteiger partial charge in [-0.1, -0.05) is 6.42 Å². The number of aromatic nitrogens is 1. The molecule has 2 rings (SSSR count). The number of hydrogen-bond acceptors (Lipinski definition) is 6. The van der Waals surface area contributed by atoms with Crippen molar-refractivity contribution in [3.05, 3.63) is 69.0 Å². The van der Waals surface area contributed by atoms with Crippen molar-refractivity contribution >= 4 is 21.3 Å². The van der Waals surface area contributed by atoms with Crippen LogP contribution in [-0.2, 0) is 16.3 Å². The van der Waals surface area contributed by atoms with Crippen LogP contribution in [0.25, 0.3) is 0 Å². The Balaban J connectivity index is 2.15. The lowest BCUT2D eigenvalue weighted by molar-refractivity contribution is -0.385. The van der Waals surface area contributed by atoms with E-state index in [1.54, 1.807) is 13.8 Å². The Morgan fingerprint density at radius 1 is 1.13 bits per heavy atom. The normalized spacial score (nSPS) is 11.6. The van der Waals surface area contributed by atoms with Gasteiger partial charge in [0.2, 0.25) is 5.78 Å². The average Bonchev–Trinajstić information content (AvgIpc) is 2.68. The second-order valence-electron chi connectivity index (χ2n) is 7.10. The molecule has 0 atom stereocenters. The summed E-state index contributed by atoms with van der Waals surface area (Å²) in [6.07, 6.45) is 1.47. The highest BCUT2D eigenvalue weighted by Crippen LogP contribution is 2.22. The van der Waals surface area contributed by atoms with E-state index in [0.717, 1.165) is 30.3 Å². The minimum atomic E-state index is -3.16. The maximum atomic E-state index is 13.9. The van der Waals surface area contributed by atoms with E-state index in [1.807, 2.05) is 0 Å². The molecule has 0 bridgehead atoms. The SMILES string of the molecule is CC(C)S(=O)(=O)CCCCCc1nc(C(=O)c2cc(F)ccc2F)ccc1[N+](=O)[O-]. The van der Waals surface area contributed by atoms with Gasteiger partial charge in [-0.2, -0.15) is 0 Å². The standard InChI is InChI=1S/C20H22F2N2O5S/c1-13(2)30(28,29)11-5-3-4-6-17-19(24(26)27)10-9-18(23-17)20(25)15-12-14(21)7-8-16(15)22/h7-10,12-13H,3-6,11H2,1-2H3. The minimum absolute atomic E-state index is 0.0254. The molecule has 0 spiro atoms. The summed E-state index contributed by atoms with van der Waals surface area (Å²) >= 11 is 0. The van der Waals surface area contributed by atoms with Crippen LogP contribution in [0.4, 0.5) is 14.5 Å². The van der Waals surface area contributed by atoms with E-state index in [0.29, 0.717) is 19.3 Å². The maximum Gasteiger partial charge on any atom is 0.290 e. The van der Waals surface area contributed by atoms with E-state index in [1.165, 1.54) is 0 Å². The summed E-state index contributed by atoms with van der Waals surface area (Å²) in [5.74, 6) is -2.57. The quantitative estimate of drug-likeness (QED) is 0.239. The van der Waals surface area contributed by atoms with Crippen molar-refractivity contribution in [3.8, 4) is 0 Å². The van der Waals surface area contributed by atoms with Crippen LogP contribution in [-0.4, -0.2) is 35.1 Å². The van der Waals surface area contributed by atoms with Gasteiger partial charge in [0.1, 0.15) is 23.0 Å². The number of unbranched alkanes of at least 4 members (excludes halogenated alkanes) is 2. The number of ketones is 1. The summed E-state index contributed by atoms with van der Waals surface area (Å²) < 4.78 is 50.9. The van der Waals surface area contributed by atoms with Crippen LogP contribution in [0, 0.1) is 21.7 Å². The Bertz CT molecular complexity index is 1060. The van der Waals surface area contributed by atoms with E-state index in [2.05, 4.69) is 4.98 Å². The third-order valence-corrected chi connectivity index (χ3v) is 6.91. The fraction of sp³-hybridized carbons (Fsp3) is 0.400. The monoisotopic (exact) mass is 440 g/mol. The van der Waals surface area contributed by atoms with Gasteiger partial charge in [-0.05, 0) is 57.4 Å². The minimum Gasteiger partial charge on any atom is -0.287 e. The van der Waals surface area contributed by atoms with Gasteiger partial charge in [0.15, 0.2) is 9.84 Å². The Hall–Kier alpha value is -2.75. The highest BCUT2D eigenvalue weighted by atomic mass is 32.2. The molecular formula is C20H22F2N2O5S. The molecule has 7 nitrogen and oxygen atoms in total. The zero-order valence-corrected chi connectivity index (χ0v) is 17.4. The van der Waals surface area contributed by atoms with Gasteiger partial charge in [-0.15, -0.1) is 0 Å². The zero-order valence-electron chi connectivity index (χ0n) is 16.6. The Labute approximate surface area is 173 Å². The van der Waals surface area contributed by atoms with E-state index in [-0.39, 0.29) is 29.2 Å². The van der Waals surface area contributed by atoms with E-state index in [9.17, 15) is 32.1 Å². The number of hydrogen-bond donors (Lipinski definition) is 0. The zero-order chi connectivity index (χ0) is 22.5. The summed E-state index contributed by atoms with van der Waals surface area (Å²) in [4.78, 5) is 27.1. The third-order valence-electron chi connectivity index (χ3n) is 4.61. The lowest BCUT2D eigenvalue weighted by Gasteiger charge is -2.08. The van der Waals surface area contributed by atoms with Crippen LogP contribution in [0.5, 0.6) is 0 Å². The molecule has 0 N–H and O–H groups in total. The van der Waals surface area contributed by atoms with Crippen LogP contribution < -0.4 is 0 Å². The summed E-state index contributed by atoms with van der Waals surface area (Å²) in [5, 5.41) is 10.8. The molecule has 0 saturated heterocycles. The number of nitrogens with zero attached hydrogens (tertiary/aromatic N) is 2. The number of benzene rings is 1. The Morgan fingerprint density at radius 3 is 2.47 bits per heavy atom. The molecule has 0 aliphatic carbocycles. The van der Waals surface area contributed by atoms with Crippen molar-refractivity contribution < 1.29 is 26.9 Å². The summed E-state index contributed by atoms with van der Waals surface area (Å²) in [7, 11) is -3.16. The molecule has 0 aliphatic rings. The van der Waals surface area contributed by atoms with Crippen molar-refractivity contribution in [3.63, 3.8) is 0 Å². The van der Waals surface area contributed by atoms with Gasteiger partial charge in [-0.3, -0.25) is 14.9 Å². The van der Waals surface area contributed by atoms with Crippen molar-refractivity contribution in [2.45, 2.75) is 44.8 Å². The summed E-state index contributed by atoms with van der Waals surface area (Å²) in [6.45, 7) is 3.21. The molecule has 2 aromatic rings. The molecule has 0 saturated carbocycles. The van der Waals surface area contributed by atoms with Crippen molar-refractivity contribution in [2.75, 3.05) is 5.75 Å². The second kappa shape index (κ2) is 9.84. The van der Waals surface area contributed by atoms with Crippen LogP contribution in [0.15, 0.2) is 30.3 Å². The maximum absolute atomic E-state index is 13.9. The second-order valence-corrected chi connectivity index (χ2v) is 9.78. The van der Waals surface area contributed by atoms with Crippen LogP contribution in [0.2, 0.25) is 0 Å². The first-order chi connectivity index (χ1) is 14.0. The number of pyridine rings is 1. The van der Waals surface area contributed by atoms with Crippen LogP contribution >= 0.6 is 0 Å². The van der Waals surface area contributed by atoms with E-state index < -0.39 is 43.0 Å². The topological polar surface area (TPSA) is 107 Å². The first kappa shape index (κ1) is 23.5. The molecule has 0 fully saturated rings. The predicted molar refractivity (Wildman–Crippen MR) is 107 cm³/mol. The third kappa shape index (κ3) is 5.88. The fourth-order valence-electron chi connectivity index (χ4n) is 2.79. The summed E-state index contributed by atoms with van der Waals surface area (Å²) in [5.41, 5.74) is -1.00. The lowest BCUT2D eigenvalue weighted by atomic mass is 10.0. The highest BCUT2D eigenvalue weighted by Gasteiger charge is 2.22. The molecule has 1 aromatic heterocycles. The number of carbonyl (C=O) groups is 1. The van der Waals surface area contributed by atoms with Gasteiger partial charge in [0.25, 0.3) is 5.69 Å². The molecule has 0 aliphatic heterocycles. The molecule has 1 aromatic carbocycles. The number of halogens is 2. The highest BCUT2D eigenvalue weighted by molar-refractivity contribution is 7.91. The van der Waals surface area contributed by atoms with Gasteiger partial charge < -0.3 is 0 Å². The smallest absolute Gasteiger partial charge is 0.287 e. The summed E-state index contributed by atoms with van der Waals surface area (Å²) in [6, 6.07) is 4.65. The number of carbonyl (C=O) groups excluding carboxylic acids is 1. The van der Waals surface area contributed by atoms with Gasteiger partial charge >= 0.3 is 0 Å². The number of sulfone groups is 1. The van der Waals surface area contributed by atoms with Gasteiger partial charge in [0, 0.05) is 6.07 Å². The van der Waals surface area contributed by atoms with Crippen LogP contribution in [0.1, 0.15) is 54.9 Å². The van der Waals surface area contributed by atoms with Gasteiger partial charge in [0.05, 0.1) is 21.5 Å². The van der Waals surface area contributed by atoms with Crippen molar-refractivity contribution in [1.82, 2.24) is 4.98 Å². The van der Waals surface area contributed by atoms with Crippen molar-refractivity contribution in [2.24, 2.45) is 0 Å². The molecular weight excluding hydrogens is 418 g/mol. The number of aryl methyl sites for hydroxylation is 1. The fourth-order valence-corrected chi connectivity index (χ4v) is 3.87. The largest absolute Gasteiger partial charge is 0.290 e. The predicted octanol–water partition coefficient (Wildman–Crippen LogP) is 4.04. The molecule has 0 unspecified atom stereocenters. The molecule has 10 heteroatoms. The number of nitro groups is 1. The first-order valence-corrected chi connectivity index (χ1v) is 11.1. The lowest BCUT2D eigenvalue weighted by Crippen LogP contribution is -2.17. The average molecular weight is 440 g/mol. The van der Waals surface area contributed by atoms with E-state index >= 15 is 0 Å². The molecule has 0 radical (unpaired) electrons. The van der Waals surface area contributed by atoms with Gasteiger partial charge in [-0.25, -0.2) is 22.2 Å². The van der Waals surface area contributed by atoms with Crippen LogP contribution in [0.3, 0.4) is 0 Å². The Morgan fingerprint density at radius 2 is 1.83 bits per heavy atom. The molecule has 0 amide bonds. The molecule has 30 heavy (non-hydrogen) atoms.